The molecule has 0 unspecified atom stereocenters. The summed E-state index contributed by atoms with van der Waals surface area (Å²) in [6, 6.07) is 6.92. The first-order chi connectivity index (χ1) is 11.9. The van der Waals surface area contributed by atoms with Crippen molar-refractivity contribution in [2.24, 2.45) is 0 Å². The first-order valence-electron chi connectivity index (χ1n) is 8.13. The number of halogens is 1. The second kappa shape index (κ2) is 8.65. The number of nitrogens with one attached hydrogen (secondary N) is 1. The summed E-state index contributed by atoms with van der Waals surface area (Å²) in [6.45, 7) is 6.41. The van der Waals surface area contributed by atoms with E-state index in [0.29, 0.717) is 28.9 Å². The summed E-state index contributed by atoms with van der Waals surface area (Å²) < 4.78 is 10.5. The lowest BCUT2D eigenvalue weighted by molar-refractivity contribution is -0.139. The molecule has 2 atom stereocenters. The minimum atomic E-state index is -0.453. The second-order valence-corrected chi connectivity index (χ2v) is 6.59. The number of rotatable bonds is 6. The monoisotopic (exact) mass is 382 g/mol. The molecular weight excluding hydrogens is 360 g/mol. The lowest BCUT2D eigenvalue weighted by Crippen LogP contribution is -2.52. The molecule has 0 aromatic heterocycles. The molecule has 2 rings (SSSR count). The quantitative estimate of drug-likeness (QED) is 0.600. The maximum absolute atomic E-state index is 12.7. The van der Waals surface area contributed by atoms with Gasteiger partial charge in [0.15, 0.2) is 5.11 Å². The van der Waals surface area contributed by atoms with Crippen molar-refractivity contribution in [3.8, 4) is 0 Å². The van der Waals surface area contributed by atoms with Gasteiger partial charge in [0.25, 0.3) is 0 Å². The van der Waals surface area contributed by atoms with Crippen LogP contribution < -0.4 is 5.32 Å². The van der Waals surface area contributed by atoms with Crippen molar-refractivity contribution in [2.45, 2.75) is 32.9 Å². The van der Waals surface area contributed by atoms with Crippen LogP contribution in [0, 0.1) is 0 Å². The number of esters is 1. The number of methoxy groups -OCH3 is 1. The fraction of sp³-hybridized carbons (Fsp3) is 0.444. The zero-order chi connectivity index (χ0) is 18.6. The van der Waals surface area contributed by atoms with Crippen LogP contribution in [0.2, 0.25) is 5.02 Å². The molecule has 1 aliphatic heterocycles. The molecule has 0 radical (unpaired) electrons. The summed E-state index contributed by atoms with van der Waals surface area (Å²) in [4.78, 5) is 14.6. The lowest BCUT2D eigenvalue weighted by Gasteiger charge is -2.40. The van der Waals surface area contributed by atoms with Crippen LogP contribution in [0.4, 0.5) is 0 Å². The zero-order valence-electron chi connectivity index (χ0n) is 14.8. The summed E-state index contributed by atoms with van der Waals surface area (Å²) in [5, 5.41) is 4.33. The molecule has 1 heterocycles. The minimum Gasteiger partial charge on any atom is -0.463 e. The Morgan fingerprint density at radius 1 is 1.44 bits per heavy atom. The van der Waals surface area contributed by atoms with Crippen LogP contribution in [-0.2, 0) is 14.3 Å². The Balaban J connectivity index is 2.55. The average Bonchev–Trinajstić information content (AvgIpc) is 2.55. The standard InChI is InChI=1S/C18H23ClN2O3S/c1-5-24-17(22)15-12(3)21(11(2)10-23-4)18(25)20-16(15)13-8-6-7-9-14(13)19/h6-9,11,16H,5,10H2,1-4H3,(H,20,25)/t11-,16-/m0/s1. The largest absolute Gasteiger partial charge is 0.463 e. The number of allylic oxidation sites excluding steroid dienone is 1. The van der Waals surface area contributed by atoms with Gasteiger partial charge in [0.1, 0.15) is 0 Å². The van der Waals surface area contributed by atoms with Crippen molar-refractivity contribution >= 4 is 34.9 Å². The Bertz CT molecular complexity index is 693. The number of carbonyl (C=O) groups excluding carboxylic acids is 1. The first kappa shape index (κ1) is 19.7. The molecule has 0 saturated carbocycles. The number of ether oxygens (including phenoxy) is 2. The van der Waals surface area contributed by atoms with E-state index in [2.05, 4.69) is 5.32 Å². The molecule has 136 valence electrons. The number of hydrogen-bond donors (Lipinski definition) is 1. The highest BCUT2D eigenvalue weighted by Gasteiger charge is 2.37. The zero-order valence-corrected chi connectivity index (χ0v) is 16.4. The number of carbonyl (C=O) groups is 1. The van der Waals surface area contributed by atoms with Crippen LogP contribution in [0.15, 0.2) is 35.5 Å². The normalized spacial score (nSPS) is 18.8. The molecule has 0 amide bonds. The number of benzene rings is 1. The Kier molecular flexibility index (Phi) is 6.81. The molecule has 0 bridgehead atoms. The highest BCUT2D eigenvalue weighted by atomic mass is 35.5. The predicted octanol–water partition coefficient (Wildman–Crippen LogP) is 3.44. The molecule has 1 aromatic carbocycles. The van der Waals surface area contributed by atoms with Gasteiger partial charge in [-0.25, -0.2) is 4.79 Å². The number of thiocarbonyl (C=S) groups is 1. The van der Waals surface area contributed by atoms with Gasteiger partial charge in [-0.15, -0.1) is 0 Å². The van der Waals surface area contributed by atoms with Gasteiger partial charge in [0.05, 0.1) is 30.9 Å². The van der Waals surface area contributed by atoms with Crippen molar-refractivity contribution in [3.05, 3.63) is 46.1 Å². The van der Waals surface area contributed by atoms with E-state index in [0.717, 1.165) is 11.3 Å². The van der Waals surface area contributed by atoms with Gasteiger partial charge in [0, 0.05) is 17.8 Å². The molecule has 0 spiro atoms. The van der Waals surface area contributed by atoms with Gasteiger partial charge in [-0.1, -0.05) is 29.8 Å². The summed E-state index contributed by atoms with van der Waals surface area (Å²) in [6.07, 6.45) is 0. The molecule has 7 heteroatoms. The van der Waals surface area contributed by atoms with Crippen LogP contribution in [0.1, 0.15) is 32.4 Å². The van der Waals surface area contributed by atoms with Crippen molar-refractivity contribution < 1.29 is 14.3 Å². The van der Waals surface area contributed by atoms with Gasteiger partial charge in [0.2, 0.25) is 0 Å². The van der Waals surface area contributed by atoms with Gasteiger partial charge in [-0.05, 0) is 44.6 Å². The Labute approximate surface area is 158 Å². The van der Waals surface area contributed by atoms with E-state index >= 15 is 0 Å². The first-order valence-corrected chi connectivity index (χ1v) is 8.91. The van der Waals surface area contributed by atoms with Crippen LogP contribution in [0.25, 0.3) is 0 Å². The van der Waals surface area contributed by atoms with Gasteiger partial charge in [-0.3, -0.25) is 0 Å². The summed E-state index contributed by atoms with van der Waals surface area (Å²) in [5.41, 5.74) is 2.04. The third-order valence-corrected chi connectivity index (χ3v) is 4.75. The fourth-order valence-electron chi connectivity index (χ4n) is 3.02. The van der Waals surface area contributed by atoms with E-state index in [1.165, 1.54) is 0 Å². The van der Waals surface area contributed by atoms with E-state index in [1.54, 1.807) is 20.1 Å². The third-order valence-electron chi connectivity index (χ3n) is 4.09. The predicted molar refractivity (Wildman–Crippen MR) is 102 cm³/mol. The van der Waals surface area contributed by atoms with Crippen molar-refractivity contribution in [1.82, 2.24) is 10.2 Å². The summed E-state index contributed by atoms with van der Waals surface area (Å²) in [7, 11) is 1.63. The van der Waals surface area contributed by atoms with Gasteiger partial charge in [-0.2, -0.15) is 0 Å². The highest BCUT2D eigenvalue weighted by molar-refractivity contribution is 7.80. The Morgan fingerprint density at radius 2 is 2.12 bits per heavy atom. The highest BCUT2D eigenvalue weighted by Crippen LogP contribution is 2.35. The van der Waals surface area contributed by atoms with Gasteiger partial charge >= 0.3 is 5.97 Å². The maximum atomic E-state index is 12.7. The number of nitrogens with zero attached hydrogens (tertiary/aromatic N) is 1. The SMILES string of the molecule is CCOC(=O)C1=C(C)N([C@@H](C)COC)C(=S)N[C@H]1c1ccccc1Cl. The van der Waals surface area contributed by atoms with E-state index in [9.17, 15) is 4.79 Å². The van der Waals surface area contributed by atoms with Crippen LogP contribution in [-0.4, -0.2) is 42.3 Å². The minimum absolute atomic E-state index is 0.0263. The fourth-order valence-corrected chi connectivity index (χ4v) is 3.70. The van der Waals surface area contributed by atoms with Crippen LogP contribution in [0.3, 0.4) is 0 Å². The van der Waals surface area contributed by atoms with Crippen molar-refractivity contribution in [1.29, 1.82) is 0 Å². The molecule has 0 aliphatic carbocycles. The molecule has 25 heavy (non-hydrogen) atoms. The van der Waals surface area contributed by atoms with Crippen LogP contribution >= 0.6 is 23.8 Å². The Morgan fingerprint density at radius 3 is 2.72 bits per heavy atom. The summed E-state index contributed by atoms with van der Waals surface area (Å²) in [5.74, 6) is -0.380. The second-order valence-electron chi connectivity index (χ2n) is 5.80. The van der Waals surface area contributed by atoms with Crippen LogP contribution in [0.5, 0.6) is 0 Å². The van der Waals surface area contributed by atoms with Gasteiger partial charge < -0.3 is 19.7 Å². The maximum Gasteiger partial charge on any atom is 0.338 e. The number of hydrogen-bond acceptors (Lipinski definition) is 4. The molecule has 0 fully saturated rings. The molecule has 1 N–H and O–H groups in total. The molecule has 5 nitrogen and oxygen atoms in total. The van der Waals surface area contributed by atoms with Crippen molar-refractivity contribution in [3.63, 3.8) is 0 Å². The van der Waals surface area contributed by atoms with Crippen molar-refractivity contribution in [2.75, 3.05) is 20.3 Å². The molecule has 1 aromatic rings. The topological polar surface area (TPSA) is 50.8 Å². The molecule has 1 aliphatic rings. The third kappa shape index (κ3) is 4.14. The van der Waals surface area contributed by atoms with E-state index < -0.39 is 6.04 Å². The summed E-state index contributed by atoms with van der Waals surface area (Å²) >= 11 is 11.9. The smallest absolute Gasteiger partial charge is 0.338 e. The molecule has 0 saturated heterocycles. The van der Waals surface area contributed by atoms with E-state index in [4.69, 9.17) is 33.3 Å². The lowest BCUT2D eigenvalue weighted by atomic mass is 9.94. The van der Waals surface area contributed by atoms with E-state index in [1.807, 2.05) is 36.9 Å². The average molecular weight is 383 g/mol. The van der Waals surface area contributed by atoms with E-state index in [-0.39, 0.29) is 12.0 Å². The molecular formula is C18H23ClN2O3S. The Hall–Kier alpha value is -1.63.